The molecule has 1 aromatic carbocycles. The van der Waals surface area contributed by atoms with E-state index in [2.05, 4.69) is 23.6 Å². The number of amides is 2. The lowest BCUT2D eigenvalue weighted by Gasteiger charge is -2.29. The van der Waals surface area contributed by atoms with Crippen LogP contribution in [0.5, 0.6) is 0 Å². The predicted molar refractivity (Wildman–Crippen MR) is 145 cm³/mol. The van der Waals surface area contributed by atoms with E-state index in [1.54, 1.807) is 11.0 Å². The number of aryl methyl sites for hydroxylation is 1. The second kappa shape index (κ2) is 11.9. The van der Waals surface area contributed by atoms with Gasteiger partial charge in [-0.1, -0.05) is 85.7 Å². The summed E-state index contributed by atoms with van der Waals surface area (Å²) in [5.74, 6) is -0.208. The standard InChI is InChI=1S/C28H33Cl2N3O3/c1-7-22(30)26(18(5)29)21-12-10-20(11-13-21)19(6)31-27(34)23-9-8-14-33(23)28(35)25(16(2)3)24-15-17(4)32-36-24/h7,10-13,15-16,19,23,25H,1,5,8-9,14H2,2-4,6H3,(H,31,34)/b26-22-. The zero-order chi connectivity index (χ0) is 26.6. The molecule has 0 bridgehead atoms. The normalized spacial score (nSPS) is 18.0. The van der Waals surface area contributed by atoms with E-state index in [4.69, 9.17) is 27.7 Å². The average Bonchev–Trinajstić information content (AvgIpc) is 3.48. The molecule has 6 nitrogen and oxygen atoms in total. The molecular formula is C28H33Cl2N3O3. The van der Waals surface area contributed by atoms with E-state index < -0.39 is 12.0 Å². The third-order valence-electron chi connectivity index (χ3n) is 6.47. The summed E-state index contributed by atoms with van der Waals surface area (Å²) in [6.45, 7) is 15.7. The van der Waals surface area contributed by atoms with Gasteiger partial charge in [-0.25, -0.2) is 0 Å². The van der Waals surface area contributed by atoms with Gasteiger partial charge in [0.25, 0.3) is 0 Å². The summed E-state index contributed by atoms with van der Waals surface area (Å²) in [5, 5.41) is 7.75. The number of benzene rings is 1. The first-order valence-electron chi connectivity index (χ1n) is 12.1. The summed E-state index contributed by atoms with van der Waals surface area (Å²) < 4.78 is 5.42. The lowest BCUT2D eigenvalue weighted by Crippen LogP contribution is -2.48. The van der Waals surface area contributed by atoms with E-state index in [1.807, 2.05) is 52.0 Å². The Kier molecular flexibility index (Phi) is 9.20. The van der Waals surface area contributed by atoms with Crippen molar-refractivity contribution in [1.29, 1.82) is 0 Å². The first kappa shape index (κ1) is 27.8. The van der Waals surface area contributed by atoms with Crippen LogP contribution in [0.15, 0.2) is 64.2 Å². The number of rotatable bonds is 9. The Morgan fingerprint density at radius 3 is 2.42 bits per heavy atom. The van der Waals surface area contributed by atoms with Crippen LogP contribution in [0.25, 0.3) is 5.57 Å². The van der Waals surface area contributed by atoms with Crippen molar-refractivity contribution >= 4 is 40.6 Å². The van der Waals surface area contributed by atoms with E-state index in [1.165, 1.54) is 6.08 Å². The van der Waals surface area contributed by atoms with Crippen molar-refractivity contribution in [3.8, 4) is 0 Å². The fourth-order valence-electron chi connectivity index (χ4n) is 4.60. The Hall–Kier alpha value is -2.83. The number of nitrogens with one attached hydrogen (secondary N) is 1. The Balaban J connectivity index is 1.73. The molecule has 1 saturated heterocycles. The molecule has 2 amide bonds. The predicted octanol–water partition coefficient (Wildman–Crippen LogP) is 6.48. The second-order valence-corrected chi connectivity index (χ2v) is 10.3. The van der Waals surface area contributed by atoms with Gasteiger partial charge < -0.3 is 14.7 Å². The van der Waals surface area contributed by atoms with Crippen molar-refractivity contribution in [1.82, 2.24) is 15.4 Å². The van der Waals surface area contributed by atoms with Crippen molar-refractivity contribution in [3.63, 3.8) is 0 Å². The molecule has 0 saturated carbocycles. The van der Waals surface area contributed by atoms with E-state index in [0.29, 0.717) is 34.4 Å². The minimum atomic E-state index is -0.523. The van der Waals surface area contributed by atoms with Gasteiger partial charge >= 0.3 is 0 Å². The highest BCUT2D eigenvalue weighted by atomic mass is 35.5. The summed E-state index contributed by atoms with van der Waals surface area (Å²) in [6.07, 6.45) is 2.91. The van der Waals surface area contributed by atoms with Crippen LogP contribution in [0.2, 0.25) is 0 Å². The molecule has 1 fully saturated rings. The summed E-state index contributed by atoms with van der Waals surface area (Å²) in [7, 11) is 0. The topological polar surface area (TPSA) is 75.4 Å². The average molecular weight is 530 g/mol. The third-order valence-corrected chi connectivity index (χ3v) is 7.00. The zero-order valence-electron chi connectivity index (χ0n) is 21.2. The molecule has 1 aliphatic rings. The third kappa shape index (κ3) is 6.11. The van der Waals surface area contributed by atoms with E-state index in [-0.39, 0.29) is 23.8 Å². The van der Waals surface area contributed by atoms with Crippen LogP contribution in [0.3, 0.4) is 0 Å². The van der Waals surface area contributed by atoms with Gasteiger partial charge in [0, 0.05) is 28.2 Å². The number of carbonyl (C=O) groups excluding carboxylic acids is 2. The molecule has 192 valence electrons. The van der Waals surface area contributed by atoms with Crippen LogP contribution < -0.4 is 5.32 Å². The molecule has 2 heterocycles. The molecule has 0 radical (unpaired) electrons. The van der Waals surface area contributed by atoms with Crippen molar-refractivity contribution in [2.75, 3.05) is 6.54 Å². The highest BCUT2D eigenvalue weighted by Gasteiger charge is 2.40. The van der Waals surface area contributed by atoms with Gasteiger partial charge in [0.05, 0.1) is 11.7 Å². The Morgan fingerprint density at radius 2 is 1.89 bits per heavy atom. The quantitative estimate of drug-likeness (QED) is 0.377. The fraction of sp³-hybridized carbons (Fsp3) is 0.393. The largest absolute Gasteiger partial charge is 0.360 e. The van der Waals surface area contributed by atoms with Gasteiger partial charge in [-0.15, -0.1) is 0 Å². The Labute approximate surface area is 223 Å². The van der Waals surface area contributed by atoms with Crippen LogP contribution in [0, 0.1) is 12.8 Å². The molecule has 0 spiro atoms. The lowest BCUT2D eigenvalue weighted by molar-refractivity contribution is -0.141. The maximum Gasteiger partial charge on any atom is 0.243 e. The number of halogens is 2. The van der Waals surface area contributed by atoms with E-state index in [9.17, 15) is 9.59 Å². The van der Waals surface area contributed by atoms with Crippen LogP contribution in [-0.2, 0) is 9.59 Å². The van der Waals surface area contributed by atoms with Gasteiger partial charge in [-0.3, -0.25) is 9.59 Å². The Morgan fingerprint density at radius 1 is 1.22 bits per heavy atom. The molecular weight excluding hydrogens is 497 g/mol. The molecule has 1 aromatic heterocycles. The summed E-state index contributed by atoms with van der Waals surface area (Å²) >= 11 is 12.4. The van der Waals surface area contributed by atoms with Gasteiger partial charge in [0.1, 0.15) is 17.7 Å². The molecule has 3 atom stereocenters. The number of allylic oxidation sites excluding steroid dienone is 4. The van der Waals surface area contributed by atoms with E-state index in [0.717, 1.165) is 23.2 Å². The van der Waals surface area contributed by atoms with Crippen LogP contribution in [-0.4, -0.2) is 34.5 Å². The molecule has 3 unspecified atom stereocenters. The summed E-state index contributed by atoms with van der Waals surface area (Å²) in [4.78, 5) is 28.5. The molecule has 8 heteroatoms. The molecule has 1 aliphatic heterocycles. The van der Waals surface area contributed by atoms with Crippen LogP contribution >= 0.6 is 23.2 Å². The number of aromatic nitrogens is 1. The maximum absolute atomic E-state index is 13.5. The minimum Gasteiger partial charge on any atom is -0.360 e. The lowest BCUT2D eigenvalue weighted by atomic mass is 9.91. The maximum atomic E-state index is 13.5. The molecule has 1 N–H and O–H groups in total. The van der Waals surface area contributed by atoms with Gasteiger partial charge in [0.15, 0.2) is 0 Å². The first-order chi connectivity index (χ1) is 17.0. The number of hydrogen-bond donors (Lipinski definition) is 1. The van der Waals surface area contributed by atoms with Crippen molar-refractivity contribution in [2.45, 2.75) is 58.5 Å². The van der Waals surface area contributed by atoms with Crippen molar-refractivity contribution in [3.05, 3.63) is 82.2 Å². The molecule has 3 rings (SSSR count). The fourth-order valence-corrected chi connectivity index (χ4v) is 5.09. The summed E-state index contributed by atoms with van der Waals surface area (Å²) in [6, 6.07) is 8.59. The van der Waals surface area contributed by atoms with Crippen LogP contribution in [0.4, 0.5) is 0 Å². The number of nitrogens with zero attached hydrogens (tertiary/aromatic N) is 2. The second-order valence-electron chi connectivity index (χ2n) is 9.47. The van der Waals surface area contributed by atoms with Crippen LogP contribution in [0.1, 0.15) is 68.2 Å². The van der Waals surface area contributed by atoms with Gasteiger partial charge in [0.2, 0.25) is 11.8 Å². The van der Waals surface area contributed by atoms with Gasteiger partial charge in [-0.05, 0) is 43.7 Å². The number of likely N-dealkylation sites (tertiary alicyclic amines) is 1. The smallest absolute Gasteiger partial charge is 0.243 e. The zero-order valence-corrected chi connectivity index (χ0v) is 22.7. The Bertz CT molecular complexity index is 1170. The van der Waals surface area contributed by atoms with E-state index >= 15 is 0 Å². The van der Waals surface area contributed by atoms with Crippen molar-refractivity contribution < 1.29 is 14.1 Å². The molecule has 2 aromatic rings. The number of hydrogen-bond acceptors (Lipinski definition) is 4. The highest BCUT2D eigenvalue weighted by Crippen LogP contribution is 2.33. The molecule has 0 aliphatic carbocycles. The van der Waals surface area contributed by atoms with Crippen molar-refractivity contribution in [2.24, 2.45) is 5.92 Å². The summed E-state index contributed by atoms with van der Waals surface area (Å²) in [5.41, 5.74) is 3.05. The SMILES string of the molecule is C=C/C(Cl)=C(\C(=C)Cl)c1ccc(C(C)NC(=O)C2CCCN2C(=O)C(c2cc(C)no2)C(C)C)cc1. The number of carbonyl (C=O) groups is 2. The minimum absolute atomic E-state index is 0.00389. The molecule has 36 heavy (non-hydrogen) atoms. The van der Waals surface area contributed by atoms with Gasteiger partial charge in [-0.2, -0.15) is 0 Å². The monoisotopic (exact) mass is 529 g/mol. The highest BCUT2D eigenvalue weighted by molar-refractivity contribution is 6.42. The first-order valence-corrected chi connectivity index (χ1v) is 12.8.